The second-order valence-electron chi connectivity index (χ2n) is 4.99. The predicted molar refractivity (Wildman–Crippen MR) is 81.9 cm³/mol. The number of aromatic carboxylic acids is 1. The second-order valence-corrected chi connectivity index (χ2v) is 4.99. The number of aryl methyl sites for hydroxylation is 2. The first-order chi connectivity index (χ1) is 10.5. The van der Waals surface area contributed by atoms with E-state index in [0.717, 1.165) is 11.1 Å². The minimum atomic E-state index is -0.946. The van der Waals surface area contributed by atoms with E-state index in [-0.39, 0.29) is 17.1 Å². The lowest BCUT2D eigenvalue weighted by Crippen LogP contribution is -2.11. The number of nitrogen functional groups attached to an aromatic ring is 1. The Labute approximate surface area is 124 Å². The molecule has 7 heteroatoms. The van der Waals surface area contributed by atoms with Crippen LogP contribution in [0.1, 0.15) is 21.5 Å². The Hall–Kier alpha value is -3.09. The standard InChI is InChI=1S/C15H14N4O3/c16-15-18-12-11(13(20)19-15)10(7-17-12)6-3-8-1-4-9(5-2-8)14(21)22/h1-2,4-5,7H,3,6H2,(H,21,22)(H4,16,17,18,19,20). The summed E-state index contributed by atoms with van der Waals surface area (Å²) in [4.78, 5) is 32.2. The number of H-pyrrole nitrogens is 2. The Morgan fingerprint density at radius 1 is 1.23 bits per heavy atom. The van der Waals surface area contributed by atoms with Crippen molar-refractivity contribution in [2.24, 2.45) is 0 Å². The number of aromatic amines is 2. The minimum absolute atomic E-state index is 0.0789. The smallest absolute Gasteiger partial charge is 0.335 e. The molecule has 0 amide bonds. The highest BCUT2D eigenvalue weighted by Gasteiger charge is 2.10. The Kier molecular flexibility index (Phi) is 3.38. The van der Waals surface area contributed by atoms with E-state index in [1.165, 1.54) is 0 Å². The van der Waals surface area contributed by atoms with E-state index in [1.807, 2.05) is 0 Å². The van der Waals surface area contributed by atoms with E-state index in [4.69, 9.17) is 10.8 Å². The van der Waals surface area contributed by atoms with Crippen molar-refractivity contribution in [2.45, 2.75) is 12.8 Å². The number of benzene rings is 1. The highest BCUT2D eigenvalue weighted by atomic mass is 16.4. The summed E-state index contributed by atoms with van der Waals surface area (Å²) in [6.07, 6.45) is 3.08. The molecule has 0 bridgehead atoms. The quantitative estimate of drug-likeness (QED) is 0.578. The summed E-state index contributed by atoms with van der Waals surface area (Å²) in [7, 11) is 0. The Morgan fingerprint density at radius 3 is 2.64 bits per heavy atom. The third-order valence-corrected chi connectivity index (χ3v) is 3.53. The summed E-state index contributed by atoms with van der Waals surface area (Å²) in [6.45, 7) is 0. The van der Waals surface area contributed by atoms with Crippen LogP contribution >= 0.6 is 0 Å². The van der Waals surface area contributed by atoms with Crippen molar-refractivity contribution >= 4 is 23.0 Å². The van der Waals surface area contributed by atoms with Gasteiger partial charge in [0.15, 0.2) is 0 Å². The van der Waals surface area contributed by atoms with Crippen LogP contribution < -0.4 is 11.3 Å². The summed E-state index contributed by atoms with van der Waals surface area (Å²) < 4.78 is 0. The first-order valence-electron chi connectivity index (χ1n) is 6.72. The van der Waals surface area contributed by atoms with Crippen molar-refractivity contribution in [3.63, 3.8) is 0 Å². The molecular formula is C15H14N4O3. The molecule has 0 aliphatic heterocycles. The Morgan fingerprint density at radius 2 is 1.95 bits per heavy atom. The van der Waals surface area contributed by atoms with Crippen LogP contribution in [0.15, 0.2) is 35.3 Å². The average molecular weight is 298 g/mol. The molecule has 0 aliphatic carbocycles. The first-order valence-corrected chi connectivity index (χ1v) is 6.72. The second kappa shape index (κ2) is 5.36. The summed E-state index contributed by atoms with van der Waals surface area (Å²) in [5.41, 5.74) is 7.82. The number of fused-ring (bicyclic) bond motifs is 1. The van der Waals surface area contributed by atoms with Crippen LogP contribution in [0.5, 0.6) is 0 Å². The van der Waals surface area contributed by atoms with Crippen LogP contribution in [0.25, 0.3) is 11.0 Å². The molecule has 0 unspecified atom stereocenters. The van der Waals surface area contributed by atoms with Gasteiger partial charge in [-0.1, -0.05) is 12.1 Å². The van der Waals surface area contributed by atoms with Gasteiger partial charge >= 0.3 is 5.97 Å². The molecule has 3 aromatic rings. The lowest BCUT2D eigenvalue weighted by molar-refractivity contribution is 0.0697. The van der Waals surface area contributed by atoms with Crippen LogP contribution in [-0.2, 0) is 12.8 Å². The molecule has 5 N–H and O–H groups in total. The van der Waals surface area contributed by atoms with Crippen LogP contribution in [0.2, 0.25) is 0 Å². The predicted octanol–water partition coefficient (Wildman–Crippen LogP) is 1.32. The maximum absolute atomic E-state index is 12.0. The molecule has 0 radical (unpaired) electrons. The van der Waals surface area contributed by atoms with Crippen LogP contribution in [0, 0.1) is 0 Å². The van der Waals surface area contributed by atoms with Crippen LogP contribution in [0.4, 0.5) is 5.95 Å². The summed E-state index contributed by atoms with van der Waals surface area (Å²) >= 11 is 0. The zero-order valence-electron chi connectivity index (χ0n) is 11.6. The van der Waals surface area contributed by atoms with Gasteiger partial charge in [-0.25, -0.2) is 4.79 Å². The molecule has 0 saturated carbocycles. The monoisotopic (exact) mass is 298 g/mol. The fraction of sp³-hybridized carbons (Fsp3) is 0.133. The molecule has 0 spiro atoms. The number of hydrogen-bond donors (Lipinski definition) is 4. The number of carboxylic acid groups (broad SMARTS) is 1. The van der Waals surface area contributed by atoms with Gasteiger partial charge < -0.3 is 15.8 Å². The largest absolute Gasteiger partial charge is 0.478 e. The molecule has 112 valence electrons. The molecule has 0 atom stereocenters. The van der Waals surface area contributed by atoms with Crippen molar-refractivity contribution < 1.29 is 9.90 Å². The number of aromatic nitrogens is 3. The fourth-order valence-corrected chi connectivity index (χ4v) is 2.41. The van der Waals surface area contributed by atoms with Crippen molar-refractivity contribution in [1.82, 2.24) is 15.0 Å². The van der Waals surface area contributed by atoms with Crippen LogP contribution in [0.3, 0.4) is 0 Å². The molecule has 0 saturated heterocycles. The van der Waals surface area contributed by atoms with Crippen molar-refractivity contribution in [3.8, 4) is 0 Å². The normalized spacial score (nSPS) is 10.9. The van der Waals surface area contributed by atoms with Gasteiger partial charge in [0.25, 0.3) is 5.56 Å². The van der Waals surface area contributed by atoms with Gasteiger partial charge in [-0.3, -0.25) is 9.78 Å². The number of anilines is 1. The van der Waals surface area contributed by atoms with Gasteiger partial charge in [0.2, 0.25) is 5.95 Å². The number of hydrogen-bond acceptors (Lipinski definition) is 4. The van der Waals surface area contributed by atoms with E-state index in [1.54, 1.807) is 30.5 Å². The highest BCUT2D eigenvalue weighted by molar-refractivity contribution is 5.87. The SMILES string of the molecule is Nc1nc2[nH]cc(CCc3ccc(C(=O)O)cc3)c2c(=O)[nH]1. The maximum atomic E-state index is 12.0. The third-order valence-electron chi connectivity index (χ3n) is 3.53. The van der Waals surface area contributed by atoms with Gasteiger partial charge in [-0.05, 0) is 36.1 Å². The molecule has 7 nitrogen and oxygen atoms in total. The lowest BCUT2D eigenvalue weighted by Gasteiger charge is -2.02. The van der Waals surface area contributed by atoms with Gasteiger partial charge in [-0.2, -0.15) is 4.98 Å². The van der Waals surface area contributed by atoms with Crippen molar-refractivity contribution in [2.75, 3.05) is 5.73 Å². The summed E-state index contributed by atoms with van der Waals surface area (Å²) in [6, 6.07) is 6.70. The van der Waals surface area contributed by atoms with E-state index in [0.29, 0.717) is 23.9 Å². The number of carbonyl (C=O) groups is 1. The molecule has 2 heterocycles. The fourth-order valence-electron chi connectivity index (χ4n) is 2.41. The van der Waals surface area contributed by atoms with Crippen LogP contribution in [-0.4, -0.2) is 26.0 Å². The molecular weight excluding hydrogens is 284 g/mol. The van der Waals surface area contributed by atoms with Gasteiger partial charge in [0.1, 0.15) is 5.65 Å². The summed E-state index contributed by atoms with van der Waals surface area (Å²) in [5, 5.41) is 9.38. The van der Waals surface area contributed by atoms with E-state index < -0.39 is 5.97 Å². The molecule has 22 heavy (non-hydrogen) atoms. The van der Waals surface area contributed by atoms with Crippen molar-refractivity contribution in [3.05, 3.63) is 57.5 Å². The first kappa shape index (κ1) is 13.9. The lowest BCUT2D eigenvalue weighted by atomic mass is 10.0. The van der Waals surface area contributed by atoms with Gasteiger partial charge in [0, 0.05) is 6.20 Å². The molecule has 0 fully saturated rings. The topological polar surface area (TPSA) is 125 Å². The van der Waals surface area contributed by atoms with E-state index in [9.17, 15) is 9.59 Å². The average Bonchev–Trinajstić information content (AvgIpc) is 2.88. The van der Waals surface area contributed by atoms with E-state index in [2.05, 4.69) is 15.0 Å². The van der Waals surface area contributed by atoms with E-state index >= 15 is 0 Å². The molecule has 0 aliphatic rings. The Balaban J connectivity index is 1.82. The maximum Gasteiger partial charge on any atom is 0.335 e. The molecule has 2 aromatic heterocycles. The summed E-state index contributed by atoms with van der Waals surface area (Å²) in [5.74, 6) is -0.867. The molecule has 3 rings (SSSR count). The van der Waals surface area contributed by atoms with Gasteiger partial charge in [0.05, 0.1) is 10.9 Å². The number of nitrogens with one attached hydrogen (secondary N) is 2. The zero-order chi connectivity index (χ0) is 15.7. The minimum Gasteiger partial charge on any atom is -0.478 e. The number of rotatable bonds is 4. The number of nitrogens with two attached hydrogens (primary N) is 1. The van der Waals surface area contributed by atoms with Gasteiger partial charge in [-0.15, -0.1) is 0 Å². The molecule has 1 aromatic carbocycles. The number of nitrogens with zero attached hydrogens (tertiary/aromatic N) is 1. The third kappa shape index (κ3) is 2.56. The Bertz CT molecular complexity index is 893. The zero-order valence-corrected chi connectivity index (χ0v) is 11.6. The highest BCUT2D eigenvalue weighted by Crippen LogP contribution is 2.15. The number of carboxylic acids is 1. The van der Waals surface area contributed by atoms with Crippen molar-refractivity contribution in [1.29, 1.82) is 0 Å².